The summed E-state index contributed by atoms with van der Waals surface area (Å²) in [7, 11) is 0. The molecule has 0 fully saturated rings. The molecule has 0 aliphatic rings. The quantitative estimate of drug-likeness (QED) is 0.658. The third-order valence-corrected chi connectivity index (χ3v) is 2.61. The van der Waals surface area contributed by atoms with E-state index in [1.165, 1.54) is 5.56 Å². The van der Waals surface area contributed by atoms with Crippen LogP contribution in [0.5, 0.6) is 0 Å². The zero-order valence-corrected chi connectivity index (χ0v) is 10.1. The highest BCUT2D eigenvalue weighted by Crippen LogP contribution is 2.10. The van der Waals surface area contributed by atoms with Crippen LogP contribution in [0.2, 0.25) is 5.02 Å². The molecule has 0 saturated carbocycles. The van der Waals surface area contributed by atoms with E-state index >= 15 is 0 Å². The molecule has 0 nitrogen and oxygen atoms in total. The standard InChI is InChI=1S/C16H13Cl/c17-16-12-10-15(11-13-16)9-5-4-8-14-6-2-1-3-7-14/h1-13H. The molecule has 0 heterocycles. The number of halogens is 1. The predicted molar refractivity (Wildman–Crippen MR) is 76.0 cm³/mol. The maximum Gasteiger partial charge on any atom is 0.0406 e. The number of rotatable bonds is 3. The van der Waals surface area contributed by atoms with Crippen molar-refractivity contribution >= 4 is 23.8 Å². The third kappa shape index (κ3) is 3.93. The first-order valence-electron chi connectivity index (χ1n) is 5.50. The minimum absolute atomic E-state index is 0.766. The largest absolute Gasteiger partial charge is 0.0843 e. The van der Waals surface area contributed by atoms with Crippen molar-refractivity contribution in [2.45, 2.75) is 0 Å². The second-order valence-corrected chi connectivity index (χ2v) is 4.12. The lowest BCUT2D eigenvalue weighted by Crippen LogP contribution is -1.70. The molecule has 0 radical (unpaired) electrons. The molecule has 0 atom stereocenters. The highest BCUT2D eigenvalue weighted by molar-refractivity contribution is 6.30. The van der Waals surface area contributed by atoms with E-state index in [4.69, 9.17) is 11.6 Å². The lowest BCUT2D eigenvalue weighted by atomic mass is 10.2. The van der Waals surface area contributed by atoms with Crippen molar-refractivity contribution < 1.29 is 0 Å². The van der Waals surface area contributed by atoms with Crippen molar-refractivity contribution in [3.63, 3.8) is 0 Å². The van der Waals surface area contributed by atoms with Gasteiger partial charge in [-0.15, -0.1) is 0 Å². The van der Waals surface area contributed by atoms with Crippen molar-refractivity contribution in [3.8, 4) is 0 Å². The molecule has 0 amide bonds. The normalized spacial score (nSPS) is 11.4. The fourth-order valence-corrected chi connectivity index (χ4v) is 1.60. The fourth-order valence-electron chi connectivity index (χ4n) is 1.47. The molecule has 0 aliphatic heterocycles. The lowest BCUT2D eigenvalue weighted by Gasteiger charge is -1.92. The minimum atomic E-state index is 0.766. The molecular formula is C16H13Cl. The van der Waals surface area contributed by atoms with E-state index in [9.17, 15) is 0 Å². The van der Waals surface area contributed by atoms with Gasteiger partial charge in [0.25, 0.3) is 0 Å². The topological polar surface area (TPSA) is 0 Å². The first kappa shape index (κ1) is 11.7. The SMILES string of the molecule is Clc1ccc(C=CC=Cc2ccccc2)cc1. The third-order valence-electron chi connectivity index (χ3n) is 2.36. The first-order chi connectivity index (χ1) is 8.34. The predicted octanol–water partition coefficient (Wildman–Crippen LogP) is 5.07. The van der Waals surface area contributed by atoms with Crippen molar-refractivity contribution in [1.29, 1.82) is 0 Å². The molecule has 2 rings (SSSR count). The summed E-state index contributed by atoms with van der Waals surface area (Å²) in [6.07, 6.45) is 8.18. The summed E-state index contributed by atoms with van der Waals surface area (Å²) in [6, 6.07) is 18.0. The average Bonchev–Trinajstić information content (AvgIpc) is 2.38. The molecule has 0 aromatic heterocycles. The second kappa shape index (κ2) is 6.07. The van der Waals surface area contributed by atoms with Gasteiger partial charge in [-0.1, -0.05) is 78.4 Å². The smallest absolute Gasteiger partial charge is 0.0406 e. The van der Waals surface area contributed by atoms with Crippen molar-refractivity contribution in [1.82, 2.24) is 0 Å². The monoisotopic (exact) mass is 240 g/mol. The van der Waals surface area contributed by atoms with Gasteiger partial charge in [-0.3, -0.25) is 0 Å². The molecule has 0 N–H and O–H groups in total. The van der Waals surface area contributed by atoms with Crippen LogP contribution in [-0.4, -0.2) is 0 Å². The van der Waals surface area contributed by atoms with Crippen LogP contribution in [0.15, 0.2) is 66.7 Å². The van der Waals surface area contributed by atoms with Gasteiger partial charge in [0.2, 0.25) is 0 Å². The van der Waals surface area contributed by atoms with Crippen LogP contribution >= 0.6 is 11.6 Å². The van der Waals surface area contributed by atoms with Gasteiger partial charge < -0.3 is 0 Å². The van der Waals surface area contributed by atoms with Crippen LogP contribution in [0.25, 0.3) is 12.2 Å². The van der Waals surface area contributed by atoms with Gasteiger partial charge >= 0.3 is 0 Å². The lowest BCUT2D eigenvalue weighted by molar-refractivity contribution is 1.65. The Kier molecular flexibility index (Phi) is 4.17. The molecule has 84 valence electrons. The summed E-state index contributed by atoms with van der Waals surface area (Å²) < 4.78 is 0. The van der Waals surface area contributed by atoms with Gasteiger partial charge in [0.05, 0.1) is 0 Å². The Labute approximate surface area is 107 Å². The Morgan fingerprint density at radius 2 is 1.18 bits per heavy atom. The Balaban J connectivity index is 1.98. The molecule has 2 aromatic rings. The molecule has 17 heavy (non-hydrogen) atoms. The molecule has 0 spiro atoms. The van der Waals surface area contributed by atoms with Gasteiger partial charge in [0.1, 0.15) is 0 Å². The number of allylic oxidation sites excluding steroid dienone is 2. The van der Waals surface area contributed by atoms with E-state index in [1.54, 1.807) is 0 Å². The summed E-state index contributed by atoms with van der Waals surface area (Å²) in [5.41, 5.74) is 2.35. The maximum atomic E-state index is 5.81. The Morgan fingerprint density at radius 1 is 0.647 bits per heavy atom. The summed E-state index contributed by atoms with van der Waals surface area (Å²) in [4.78, 5) is 0. The van der Waals surface area contributed by atoms with Crippen LogP contribution < -0.4 is 0 Å². The maximum absolute atomic E-state index is 5.81. The molecule has 1 heteroatoms. The number of hydrogen-bond donors (Lipinski definition) is 0. The van der Waals surface area contributed by atoms with Crippen molar-refractivity contribution in [2.75, 3.05) is 0 Å². The van der Waals surface area contributed by atoms with E-state index in [1.807, 2.05) is 54.6 Å². The highest BCUT2D eigenvalue weighted by Gasteiger charge is 1.86. The zero-order valence-electron chi connectivity index (χ0n) is 9.38. The van der Waals surface area contributed by atoms with Gasteiger partial charge in [-0.25, -0.2) is 0 Å². The number of benzene rings is 2. The second-order valence-electron chi connectivity index (χ2n) is 3.68. The molecule has 2 aromatic carbocycles. The van der Waals surface area contributed by atoms with Gasteiger partial charge in [0, 0.05) is 5.02 Å². The van der Waals surface area contributed by atoms with Crippen LogP contribution in [0, 0.1) is 0 Å². The van der Waals surface area contributed by atoms with E-state index in [2.05, 4.69) is 24.3 Å². The van der Waals surface area contributed by atoms with Gasteiger partial charge in [-0.2, -0.15) is 0 Å². The van der Waals surface area contributed by atoms with E-state index < -0.39 is 0 Å². The highest BCUT2D eigenvalue weighted by atomic mass is 35.5. The Hall–Kier alpha value is -1.79. The number of hydrogen-bond acceptors (Lipinski definition) is 0. The molecule has 0 saturated heterocycles. The molecule has 0 unspecified atom stereocenters. The summed E-state index contributed by atoms with van der Waals surface area (Å²) in [6.45, 7) is 0. The van der Waals surface area contributed by atoms with Gasteiger partial charge in [-0.05, 0) is 23.3 Å². The minimum Gasteiger partial charge on any atom is -0.0843 e. The van der Waals surface area contributed by atoms with E-state index in [0.717, 1.165) is 10.6 Å². The summed E-state index contributed by atoms with van der Waals surface area (Å²) >= 11 is 5.81. The summed E-state index contributed by atoms with van der Waals surface area (Å²) in [5.74, 6) is 0. The molecule has 0 bridgehead atoms. The van der Waals surface area contributed by atoms with Crippen molar-refractivity contribution in [2.24, 2.45) is 0 Å². The van der Waals surface area contributed by atoms with Crippen LogP contribution in [0.3, 0.4) is 0 Å². The van der Waals surface area contributed by atoms with E-state index in [-0.39, 0.29) is 0 Å². The van der Waals surface area contributed by atoms with E-state index in [0.29, 0.717) is 0 Å². The Morgan fingerprint density at radius 3 is 1.76 bits per heavy atom. The van der Waals surface area contributed by atoms with Crippen molar-refractivity contribution in [3.05, 3.63) is 82.9 Å². The zero-order chi connectivity index (χ0) is 11.9. The average molecular weight is 241 g/mol. The first-order valence-corrected chi connectivity index (χ1v) is 5.88. The molecular weight excluding hydrogens is 228 g/mol. The summed E-state index contributed by atoms with van der Waals surface area (Å²) in [5, 5.41) is 0.766. The van der Waals surface area contributed by atoms with Crippen LogP contribution in [-0.2, 0) is 0 Å². The molecule has 0 aliphatic carbocycles. The van der Waals surface area contributed by atoms with Crippen LogP contribution in [0.4, 0.5) is 0 Å². The Bertz CT molecular complexity index is 507. The van der Waals surface area contributed by atoms with Gasteiger partial charge in [0.15, 0.2) is 0 Å². The fraction of sp³-hybridized carbons (Fsp3) is 0. The van der Waals surface area contributed by atoms with Crippen LogP contribution in [0.1, 0.15) is 11.1 Å².